The van der Waals surface area contributed by atoms with Crippen LogP contribution in [0.4, 0.5) is 0 Å². The number of ether oxygens (including phenoxy) is 1. The largest absolute Gasteiger partial charge is 0.497 e. The van der Waals surface area contributed by atoms with Gasteiger partial charge in [-0.15, -0.1) is 11.3 Å². The molecule has 1 saturated carbocycles. The van der Waals surface area contributed by atoms with E-state index in [0.717, 1.165) is 17.8 Å². The molecule has 2 aromatic rings. The zero-order chi connectivity index (χ0) is 13.2. The molecular weight excluding hydrogens is 256 g/mol. The van der Waals surface area contributed by atoms with Crippen LogP contribution in [0.15, 0.2) is 18.2 Å². The smallest absolute Gasteiger partial charge is 0.120 e. The molecule has 2 atom stereocenters. The summed E-state index contributed by atoms with van der Waals surface area (Å²) in [6, 6.07) is 6.11. The lowest BCUT2D eigenvalue weighted by molar-refractivity contribution is 0.314. The number of fused-ring (bicyclic) bond motifs is 1. The average molecular weight is 276 g/mol. The zero-order valence-electron chi connectivity index (χ0n) is 11.3. The summed E-state index contributed by atoms with van der Waals surface area (Å²) in [4.78, 5) is 4.82. The number of nitrogens with zero attached hydrogens (tertiary/aromatic N) is 1. The Balaban J connectivity index is 1.95. The molecule has 0 aliphatic heterocycles. The van der Waals surface area contributed by atoms with Crippen molar-refractivity contribution in [3.8, 4) is 5.75 Å². The van der Waals surface area contributed by atoms with Crippen LogP contribution in [-0.2, 0) is 0 Å². The molecule has 0 spiro atoms. The first kappa shape index (κ1) is 12.9. The molecule has 1 fully saturated rings. The van der Waals surface area contributed by atoms with Crippen LogP contribution in [0.1, 0.15) is 36.6 Å². The van der Waals surface area contributed by atoms with Crippen LogP contribution >= 0.6 is 11.3 Å². The van der Waals surface area contributed by atoms with Gasteiger partial charge in [0.2, 0.25) is 0 Å². The molecule has 3 rings (SSSR count). The number of nitrogens with two attached hydrogens (primary N) is 1. The molecule has 0 bridgehead atoms. The Morgan fingerprint density at radius 2 is 2.21 bits per heavy atom. The lowest BCUT2D eigenvalue weighted by Crippen LogP contribution is -2.25. The fourth-order valence-electron chi connectivity index (χ4n) is 3.02. The van der Waals surface area contributed by atoms with Crippen molar-refractivity contribution in [2.75, 3.05) is 13.7 Å². The second-order valence-electron chi connectivity index (χ2n) is 5.27. The molecule has 0 amide bonds. The lowest BCUT2D eigenvalue weighted by Gasteiger charge is -2.28. The number of rotatable bonds is 3. The first-order valence-corrected chi connectivity index (χ1v) is 7.78. The van der Waals surface area contributed by atoms with Gasteiger partial charge in [-0.2, -0.15) is 0 Å². The van der Waals surface area contributed by atoms with Crippen LogP contribution in [0.5, 0.6) is 5.75 Å². The summed E-state index contributed by atoms with van der Waals surface area (Å²) in [5, 5.41) is 1.26. The maximum Gasteiger partial charge on any atom is 0.120 e. The van der Waals surface area contributed by atoms with Crippen LogP contribution in [0, 0.1) is 5.92 Å². The average Bonchev–Trinajstić information content (AvgIpc) is 2.89. The highest BCUT2D eigenvalue weighted by Gasteiger charge is 2.27. The number of hydrogen-bond acceptors (Lipinski definition) is 4. The fourth-order valence-corrected chi connectivity index (χ4v) is 4.25. The maximum absolute atomic E-state index is 5.93. The fraction of sp³-hybridized carbons (Fsp3) is 0.533. The standard InChI is InChI=1S/C15H20N2OS/c1-18-11-6-7-13-14(8-11)19-15(17-13)12-5-3-2-4-10(12)9-16/h6-8,10,12H,2-5,9,16H2,1H3. The van der Waals surface area contributed by atoms with Gasteiger partial charge in [0.1, 0.15) is 5.75 Å². The predicted molar refractivity (Wildman–Crippen MR) is 79.9 cm³/mol. The molecule has 1 aromatic carbocycles. The molecule has 1 aromatic heterocycles. The van der Waals surface area contributed by atoms with Crippen LogP contribution < -0.4 is 10.5 Å². The lowest BCUT2D eigenvalue weighted by atomic mass is 9.79. The number of aromatic nitrogens is 1. The summed E-state index contributed by atoms with van der Waals surface area (Å²) in [6.45, 7) is 0.782. The van der Waals surface area contributed by atoms with Crippen LogP contribution in [0.25, 0.3) is 10.2 Å². The Hall–Kier alpha value is -1.13. The molecular formula is C15H20N2OS. The SMILES string of the molecule is COc1ccc2nc(C3CCCCC3CN)sc2c1. The summed E-state index contributed by atoms with van der Waals surface area (Å²) in [5.74, 6) is 2.07. The molecule has 3 nitrogen and oxygen atoms in total. The zero-order valence-corrected chi connectivity index (χ0v) is 12.1. The molecule has 2 N–H and O–H groups in total. The molecule has 1 aliphatic rings. The molecule has 19 heavy (non-hydrogen) atoms. The molecule has 4 heteroatoms. The molecule has 1 heterocycles. The van der Waals surface area contributed by atoms with E-state index in [1.165, 1.54) is 35.4 Å². The van der Waals surface area contributed by atoms with Crippen molar-refractivity contribution >= 4 is 21.6 Å². The second kappa shape index (κ2) is 5.47. The van der Waals surface area contributed by atoms with E-state index in [9.17, 15) is 0 Å². The molecule has 2 unspecified atom stereocenters. The number of thiazole rings is 1. The van der Waals surface area contributed by atoms with E-state index in [-0.39, 0.29) is 0 Å². The number of hydrogen-bond donors (Lipinski definition) is 1. The van der Waals surface area contributed by atoms with Gasteiger partial charge in [0.05, 0.1) is 22.3 Å². The van der Waals surface area contributed by atoms with Crippen LogP contribution in [0.2, 0.25) is 0 Å². The van der Waals surface area contributed by atoms with E-state index < -0.39 is 0 Å². The van der Waals surface area contributed by atoms with Crippen molar-refractivity contribution in [1.82, 2.24) is 4.98 Å². The quantitative estimate of drug-likeness (QED) is 0.932. The summed E-state index contributed by atoms with van der Waals surface area (Å²) in [7, 11) is 1.70. The van der Waals surface area contributed by atoms with Gasteiger partial charge in [-0.1, -0.05) is 12.8 Å². The van der Waals surface area contributed by atoms with Crippen molar-refractivity contribution in [3.63, 3.8) is 0 Å². The third kappa shape index (κ3) is 2.47. The minimum absolute atomic E-state index is 0.558. The van der Waals surface area contributed by atoms with Crippen molar-refractivity contribution < 1.29 is 4.74 Å². The molecule has 102 valence electrons. The van der Waals surface area contributed by atoms with E-state index in [1.54, 1.807) is 18.4 Å². The topological polar surface area (TPSA) is 48.1 Å². The Labute approximate surface area is 117 Å². The highest BCUT2D eigenvalue weighted by atomic mass is 32.1. The Morgan fingerprint density at radius 1 is 1.37 bits per heavy atom. The molecule has 0 radical (unpaired) electrons. The van der Waals surface area contributed by atoms with Crippen molar-refractivity contribution in [1.29, 1.82) is 0 Å². The Morgan fingerprint density at radius 3 is 3.00 bits per heavy atom. The maximum atomic E-state index is 5.93. The van der Waals surface area contributed by atoms with Crippen molar-refractivity contribution in [2.24, 2.45) is 11.7 Å². The van der Waals surface area contributed by atoms with Crippen LogP contribution in [-0.4, -0.2) is 18.6 Å². The first-order valence-electron chi connectivity index (χ1n) is 6.96. The van der Waals surface area contributed by atoms with Gasteiger partial charge >= 0.3 is 0 Å². The van der Waals surface area contributed by atoms with Gasteiger partial charge < -0.3 is 10.5 Å². The van der Waals surface area contributed by atoms with Crippen molar-refractivity contribution in [2.45, 2.75) is 31.6 Å². The number of methoxy groups -OCH3 is 1. The van der Waals surface area contributed by atoms with E-state index in [4.69, 9.17) is 15.5 Å². The van der Waals surface area contributed by atoms with Gasteiger partial charge in [-0.25, -0.2) is 4.98 Å². The third-order valence-electron chi connectivity index (χ3n) is 4.14. The highest BCUT2D eigenvalue weighted by molar-refractivity contribution is 7.18. The Kier molecular flexibility index (Phi) is 3.71. The van der Waals surface area contributed by atoms with E-state index in [2.05, 4.69) is 12.1 Å². The minimum atomic E-state index is 0.558. The van der Waals surface area contributed by atoms with E-state index >= 15 is 0 Å². The highest BCUT2D eigenvalue weighted by Crippen LogP contribution is 2.40. The molecule has 0 saturated heterocycles. The first-order chi connectivity index (χ1) is 9.31. The summed E-state index contributed by atoms with van der Waals surface area (Å²) in [6.07, 6.45) is 5.11. The van der Waals surface area contributed by atoms with Crippen LogP contribution in [0.3, 0.4) is 0 Å². The van der Waals surface area contributed by atoms with E-state index in [1.807, 2.05) is 6.07 Å². The molecule has 1 aliphatic carbocycles. The number of benzene rings is 1. The summed E-state index contributed by atoms with van der Waals surface area (Å²) >= 11 is 1.81. The van der Waals surface area contributed by atoms with Gasteiger partial charge in [0, 0.05) is 5.92 Å². The second-order valence-corrected chi connectivity index (χ2v) is 6.33. The summed E-state index contributed by atoms with van der Waals surface area (Å²) in [5.41, 5.74) is 7.01. The normalized spacial score (nSPS) is 23.7. The van der Waals surface area contributed by atoms with Gasteiger partial charge in [0.25, 0.3) is 0 Å². The van der Waals surface area contributed by atoms with Crippen molar-refractivity contribution in [3.05, 3.63) is 23.2 Å². The minimum Gasteiger partial charge on any atom is -0.497 e. The summed E-state index contributed by atoms with van der Waals surface area (Å²) < 4.78 is 6.50. The third-order valence-corrected chi connectivity index (χ3v) is 5.29. The van der Waals surface area contributed by atoms with Gasteiger partial charge in [-0.3, -0.25) is 0 Å². The van der Waals surface area contributed by atoms with Gasteiger partial charge in [0.15, 0.2) is 0 Å². The predicted octanol–water partition coefficient (Wildman–Crippen LogP) is 3.54. The Bertz CT molecular complexity index is 566. The van der Waals surface area contributed by atoms with E-state index in [0.29, 0.717) is 11.8 Å². The van der Waals surface area contributed by atoms with Gasteiger partial charge in [-0.05, 0) is 43.5 Å². The monoisotopic (exact) mass is 276 g/mol.